The molecule has 6 nitrogen and oxygen atoms in total. The number of ether oxygens (including phenoxy) is 3. The maximum atomic E-state index is 9.08. The van der Waals surface area contributed by atoms with Gasteiger partial charge in [0, 0.05) is 19.8 Å². The van der Waals surface area contributed by atoms with E-state index in [-0.39, 0.29) is 12.7 Å². The van der Waals surface area contributed by atoms with Crippen LogP contribution in [0.3, 0.4) is 0 Å². The van der Waals surface area contributed by atoms with Crippen LogP contribution < -0.4 is 5.73 Å². The molecule has 128 valence electrons. The van der Waals surface area contributed by atoms with Crippen LogP contribution in [0.4, 0.5) is 0 Å². The molecule has 0 radical (unpaired) electrons. The Morgan fingerprint density at radius 3 is 2.38 bits per heavy atom. The van der Waals surface area contributed by atoms with Crippen molar-refractivity contribution >= 4 is 0 Å². The second kappa shape index (κ2) is 16.1. The maximum absolute atomic E-state index is 9.08. The Hall–Kier alpha value is -0.240. The minimum atomic E-state index is -0.455. The highest BCUT2D eigenvalue weighted by Crippen LogP contribution is 2.12. The highest BCUT2D eigenvalue weighted by molar-refractivity contribution is 4.71. The molecule has 1 fully saturated rings. The summed E-state index contributed by atoms with van der Waals surface area (Å²) in [6.07, 6.45) is 4.52. The van der Waals surface area contributed by atoms with Crippen molar-refractivity contribution in [2.45, 2.75) is 51.2 Å². The van der Waals surface area contributed by atoms with Crippen molar-refractivity contribution in [3.8, 4) is 0 Å². The van der Waals surface area contributed by atoms with Gasteiger partial charge >= 0.3 is 0 Å². The van der Waals surface area contributed by atoms with Crippen LogP contribution in [0.5, 0.6) is 0 Å². The molecule has 1 aliphatic heterocycles. The molecule has 0 aromatic rings. The molecule has 0 bridgehead atoms. The van der Waals surface area contributed by atoms with E-state index in [2.05, 4.69) is 6.92 Å². The molecule has 1 saturated heterocycles. The van der Waals surface area contributed by atoms with Gasteiger partial charge in [0.1, 0.15) is 6.10 Å². The third kappa shape index (κ3) is 13.2. The van der Waals surface area contributed by atoms with Gasteiger partial charge in [0.05, 0.1) is 32.5 Å². The fraction of sp³-hybridized carbons (Fsp3) is 1.00. The molecule has 2 unspecified atom stereocenters. The van der Waals surface area contributed by atoms with E-state index in [4.69, 9.17) is 30.2 Å². The molecule has 1 rings (SSSR count). The molecule has 21 heavy (non-hydrogen) atoms. The lowest BCUT2D eigenvalue weighted by atomic mass is 10.1. The second-order valence-electron chi connectivity index (χ2n) is 5.02. The summed E-state index contributed by atoms with van der Waals surface area (Å²) in [5, 5.41) is 17.7. The lowest BCUT2D eigenvalue weighted by molar-refractivity contribution is -0.0942. The van der Waals surface area contributed by atoms with Gasteiger partial charge in [0.15, 0.2) is 0 Å². The summed E-state index contributed by atoms with van der Waals surface area (Å²) in [6, 6.07) is 0. The van der Waals surface area contributed by atoms with Crippen LogP contribution in [-0.2, 0) is 14.2 Å². The standard InChI is InChI=1S/C9H21NO2.C6H12O3/c1-2-3-4-6-11-8-9-12-7-5-10;7-4-6-5(8)2-1-3-9-6/h2-10H2,1H3;5-8H,1-4H2. The number of aliphatic hydroxyl groups excluding tert-OH is 2. The Labute approximate surface area is 128 Å². The van der Waals surface area contributed by atoms with Gasteiger partial charge in [0.25, 0.3) is 0 Å². The number of nitrogens with two attached hydrogens (primary N) is 1. The third-order valence-corrected chi connectivity index (χ3v) is 3.11. The van der Waals surface area contributed by atoms with Crippen molar-refractivity contribution in [2.24, 2.45) is 5.73 Å². The van der Waals surface area contributed by atoms with Gasteiger partial charge in [-0.2, -0.15) is 0 Å². The zero-order chi connectivity index (χ0) is 15.8. The Balaban J connectivity index is 0.000000394. The lowest BCUT2D eigenvalue weighted by Gasteiger charge is -2.25. The molecule has 0 spiro atoms. The number of unbranched alkanes of at least 4 members (excludes halogenated alkanes) is 2. The van der Waals surface area contributed by atoms with Gasteiger partial charge in [0.2, 0.25) is 0 Å². The number of aliphatic hydroxyl groups is 2. The van der Waals surface area contributed by atoms with Crippen LogP contribution in [0.2, 0.25) is 0 Å². The average molecular weight is 307 g/mol. The number of hydrogen-bond acceptors (Lipinski definition) is 6. The first-order chi connectivity index (χ1) is 10.3. The van der Waals surface area contributed by atoms with E-state index in [9.17, 15) is 0 Å². The van der Waals surface area contributed by atoms with E-state index in [0.29, 0.717) is 33.0 Å². The first kappa shape index (κ1) is 20.8. The van der Waals surface area contributed by atoms with Crippen molar-refractivity contribution in [3.63, 3.8) is 0 Å². The summed E-state index contributed by atoms with van der Waals surface area (Å²) in [5.74, 6) is 0. The van der Waals surface area contributed by atoms with E-state index in [1.807, 2.05) is 0 Å². The van der Waals surface area contributed by atoms with Crippen LogP contribution in [0, 0.1) is 0 Å². The van der Waals surface area contributed by atoms with Gasteiger partial charge in [-0.3, -0.25) is 0 Å². The summed E-state index contributed by atoms with van der Waals surface area (Å²) in [4.78, 5) is 0. The molecular formula is C15H33NO5. The zero-order valence-electron chi connectivity index (χ0n) is 13.3. The van der Waals surface area contributed by atoms with E-state index in [1.165, 1.54) is 12.8 Å². The lowest BCUT2D eigenvalue weighted by Crippen LogP contribution is -2.36. The largest absolute Gasteiger partial charge is 0.394 e. The fourth-order valence-electron chi connectivity index (χ4n) is 1.86. The molecule has 2 atom stereocenters. The van der Waals surface area contributed by atoms with Gasteiger partial charge in [-0.15, -0.1) is 0 Å². The summed E-state index contributed by atoms with van der Waals surface area (Å²) >= 11 is 0. The summed E-state index contributed by atoms with van der Waals surface area (Å²) in [7, 11) is 0. The predicted octanol–water partition coefficient (Wildman–Crippen LogP) is 0.687. The maximum Gasteiger partial charge on any atom is 0.106 e. The van der Waals surface area contributed by atoms with Crippen LogP contribution in [0.1, 0.15) is 39.0 Å². The second-order valence-corrected chi connectivity index (χ2v) is 5.02. The van der Waals surface area contributed by atoms with Gasteiger partial charge < -0.3 is 30.2 Å². The molecule has 0 amide bonds. The molecule has 1 heterocycles. The van der Waals surface area contributed by atoms with Gasteiger partial charge in [-0.05, 0) is 19.3 Å². The van der Waals surface area contributed by atoms with E-state index in [0.717, 1.165) is 25.9 Å². The van der Waals surface area contributed by atoms with Gasteiger partial charge in [-0.25, -0.2) is 0 Å². The topological polar surface area (TPSA) is 94.2 Å². The average Bonchev–Trinajstić information content (AvgIpc) is 2.51. The van der Waals surface area contributed by atoms with Crippen molar-refractivity contribution in [1.82, 2.24) is 0 Å². The first-order valence-electron chi connectivity index (χ1n) is 8.02. The summed E-state index contributed by atoms with van der Waals surface area (Å²) in [6.45, 7) is 6.24. The van der Waals surface area contributed by atoms with Crippen molar-refractivity contribution < 1.29 is 24.4 Å². The first-order valence-corrected chi connectivity index (χ1v) is 8.02. The third-order valence-electron chi connectivity index (χ3n) is 3.11. The normalized spacial score (nSPS) is 21.7. The van der Waals surface area contributed by atoms with Crippen molar-refractivity contribution in [2.75, 3.05) is 46.2 Å². The van der Waals surface area contributed by atoms with Crippen molar-refractivity contribution in [3.05, 3.63) is 0 Å². The zero-order valence-corrected chi connectivity index (χ0v) is 13.3. The molecule has 6 heteroatoms. The van der Waals surface area contributed by atoms with Crippen LogP contribution in [0.15, 0.2) is 0 Å². The van der Waals surface area contributed by atoms with E-state index in [1.54, 1.807) is 0 Å². The quantitative estimate of drug-likeness (QED) is 0.514. The number of rotatable bonds is 10. The van der Waals surface area contributed by atoms with Gasteiger partial charge in [-0.1, -0.05) is 19.8 Å². The number of hydrogen-bond donors (Lipinski definition) is 3. The molecule has 1 aliphatic rings. The smallest absolute Gasteiger partial charge is 0.106 e. The Morgan fingerprint density at radius 1 is 1.14 bits per heavy atom. The fourth-order valence-corrected chi connectivity index (χ4v) is 1.86. The SMILES string of the molecule is CCCCCOCCOCCN.OCC1OCCCC1O. The van der Waals surface area contributed by atoms with E-state index >= 15 is 0 Å². The van der Waals surface area contributed by atoms with Crippen LogP contribution in [-0.4, -0.2) is 68.6 Å². The Kier molecular flexibility index (Phi) is 16.0. The highest BCUT2D eigenvalue weighted by Gasteiger charge is 2.22. The highest BCUT2D eigenvalue weighted by atomic mass is 16.5. The van der Waals surface area contributed by atoms with E-state index < -0.39 is 6.10 Å². The monoisotopic (exact) mass is 307 g/mol. The molecule has 0 aromatic carbocycles. The van der Waals surface area contributed by atoms with Crippen molar-refractivity contribution in [1.29, 1.82) is 0 Å². The summed E-state index contributed by atoms with van der Waals surface area (Å²) in [5.41, 5.74) is 5.24. The van der Waals surface area contributed by atoms with Crippen LogP contribution in [0.25, 0.3) is 0 Å². The molecule has 4 N–H and O–H groups in total. The predicted molar refractivity (Wildman–Crippen MR) is 82.3 cm³/mol. The Bertz CT molecular complexity index is 197. The molecule has 0 saturated carbocycles. The molecule has 0 aromatic heterocycles. The minimum absolute atomic E-state index is 0.0683. The minimum Gasteiger partial charge on any atom is -0.394 e. The summed E-state index contributed by atoms with van der Waals surface area (Å²) < 4.78 is 15.5. The molecular weight excluding hydrogens is 274 g/mol. The Morgan fingerprint density at radius 2 is 1.86 bits per heavy atom. The van der Waals surface area contributed by atoms with Crippen LogP contribution >= 0.6 is 0 Å². The molecule has 0 aliphatic carbocycles.